The van der Waals surface area contributed by atoms with Crippen molar-refractivity contribution in [1.29, 1.82) is 0 Å². The molecule has 2 aliphatic heterocycles. The van der Waals surface area contributed by atoms with E-state index >= 15 is 0 Å². The minimum atomic E-state index is -1.99. The molecule has 3 atom stereocenters. The Hall–Kier alpha value is -2.25. The monoisotopic (exact) mass is 357 g/mol. The first-order valence-corrected chi connectivity index (χ1v) is 10.6. The molecule has 2 aromatic rings. The number of hydrogen-bond acceptors (Lipinski definition) is 3. The Bertz CT molecular complexity index is 888. The summed E-state index contributed by atoms with van der Waals surface area (Å²) in [4.78, 5) is 0. The second kappa shape index (κ2) is 6.48. The van der Waals surface area contributed by atoms with Crippen LogP contribution in [0.25, 0.3) is 11.1 Å². The lowest BCUT2D eigenvalue weighted by molar-refractivity contribution is 0.266. The summed E-state index contributed by atoms with van der Waals surface area (Å²) in [5.41, 5.74) is 2.41. The van der Waals surface area contributed by atoms with Gasteiger partial charge in [-0.3, -0.25) is 3.88 Å². The Morgan fingerprint density at radius 2 is 1.69 bits per heavy atom. The maximum Gasteiger partial charge on any atom is 0.992 e. The van der Waals surface area contributed by atoms with Crippen molar-refractivity contribution in [1.82, 2.24) is 3.88 Å². The van der Waals surface area contributed by atoms with Crippen molar-refractivity contribution in [3.8, 4) is 16.9 Å². The van der Waals surface area contributed by atoms with Crippen molar-refractivity contribution in [2.75, 3.05) is 0 Å². The van der Waals surface area contributed by atoms with E-state index in [4.69, 9.17) is 7.58 Å². The Labute approximate surface area is 159 Å². The number of benzene rings is 2. The fraction of sp³-hybridized carbons (Fsp3) is 0.182. The van der Waals surface area contributed by atoms with Gasteiger partial charge in [0.15, 0.2) is 0 Å². The molecular formula is C22H20AlNO2. The highest BCUT2D eigenvalue weighted by atomic mass is 27.2. The van der Waals surface area contributed by atoms with E-state index in [0.717, 1.165) is 11.5 Å². The van der Waals surface area contributed by atoms with Crippen molar-refractivity contribution in [3.05, 3.63) is 90.7 Å². The number of rotatable bonds is 3. The zero-order chi connectivity index (χ0) is 17.5. The van der Waals surface area contributed by atoms with Crippen molar-refractivity contribution in [2.45, 2.75) is 19.0 Å². The smallest absolute Gasteiger partial charge is 0.600 e. The SMILES string of the molecule is CC1C=CC2C=CC=C3[O][Al]([O]c4ccc(-c5ccccc5)cc4)[N]1C32. The third kappa shape index (κ3) is 2.71. The summed E-state index contributed by atoms with van der Waals surface area (Å²) in [7, 11) is 0. The molecule has 0 radical (unpaired) electrons. The van der Waals surface area contributed by atoms with E-state index < -0.39 is 15.0 Å². The van der Waals surface area contributed by atoms with Gasteiger partial charge in [-0.15, -0.1) is 0 Å². The van der Waals surface area contributed by atoms with Crippen LogP contribution < -0.4 is 3.79 Å². The van der Waals surface area contributed by atoms with Crippen LogP contribution in [0, 0.1) is 5.92 Å². The van der Waals surface area contributed by atoms with Gasteiger partial charge in [0, 0.05) is 12.0 Å². The summed E-state index contributed by atoms with van der Waals surface area (Å²) in [6.45, 7) is 2.22. The standard InChI is InChI=1S/C12H10O.C10H12NO.Al/c13-12-8-6-11(7-9-12)10-4-2-1-3-5-10;1-7-5-6-8-3-2-4-9(12)10(8)11-7;/h1-9,13H;2-8,10,12H,1H3;/q;-1;+3/p-2. The van der Waals surface area contributed by atoms with Crippen LogP contribution in [0.3, 0.4) is 0 Å². The van der Waals surface area contributed by atoms with E-state index in [2.05, 4.69) is 89.7 Å². The summed E-state index contributed by atoms with van der Waals surface area (Å²) in [6, 6.07) is 19.4. The number of hydrogen-bond donors (Lipinski definition) is 0. The Kier molecular flexibility index (Phi) is 3.98. The van der Waals surface area contributed by atoms with Crippen LogP contribution >= 0.6 is 0 Å². The van der Waals surface area contributed by atoms with Crippen LogP contribution in [0.15, 0.2) is 90.7 Å². The summed E-state index contributed by atoms with van der Waals surface area (Å²) < 4.78 is 15.1. The van der Waals surface area contributed by atoms with Gasteiger partial charge >= 0.3 is 15.0 Å². The molecule has 128 valence electrons. The molecule has 26 heavy (non-hydrogen) atoms. The fourth-order valence-electron chi connectivity index (χ4n) is 4.00. The molecule has 0 spiro atoms. The third-order valence-corrected chi connectivity index (χ3v) is 7.56. The number of nitrogens with zero attached hydrogens (tertiary/aromatic N) is 1. The van der Waals surface area contributed by atoms with Gasteiger partial charge in [0.1, 0.15) is 0 Å². The van der Waals surface area contributed by atoms with E-state index in [1.807, 2.05) is 6.07 Å². The molecule has 3 nitrogen and oxygen atoms in total. The van der Waals surface area contributed by atoms with Gasteiger partial charge in [-0.1, -0.05) is 66.8 Å². The molecule has 4 heteroatoms. The van der Waals surface area contributed by atoms with Crippen LogP contribution in [-0.2, 0) is 3.79 Å². The van der Waals surface area contributed by atoms with Gasteiger partial charge < -0.3 is 7.58 Å². The summed E-state index contributed by atoms with van der Waals surface area (Å²) in [6.07, 6.45) is 11.0. The lowest BCUT2D eigenvalue weighted by atomic mass is 9.89. The minimum absolute atomic E-state index is 0.306. The van der Waals surface area contributed by atoms with Crippen LogP contribution in [0.5, 0.6) is 5.75 Å². The first kappa shape index (κ1) is 16.0. The van der Waals surface area contributed by atoms with Gasteiger partial charge in [-0.05, 0) is 36.3 Å². The molecule has 0 bridgehead atoms. The molecule has 5 rings (SSSR count). The van der Waals surface area contributed by atoms with Crippen LogP contribution in [-0.4, -0.2) is 31.0 Å². The summed E-state index contributed by atoms with van der Waals surface area (Å²) in [5.74, 6) is 2.34. The minimum Gasteiger partial charge on any atom is -0.600 e. The lowest BCUT2D eigenvalue weighted by Crippen LogP contribution is -2.52. The fourth-order valence-corrected chi connectivity index (χ4v) is 6.22. The normalized spacial score (nSPS) is 26.3. The third-order valence-electron chi connectivity index (χ3n) is 5.33. The van der Waals surface area contributed by atoms with Gasteiger partial charge in [0.2, 0.25) is 0 Å². The molecule has 0 aromatic heterocycles. The second-order valence-electron chi connectivity index (χ2n) is 6.98. The topological polar surface area (TPSA) is 21.7 Å². The molecule has 1 saturated heterocycles. The van der Waals surface area contributed by atoms with Crippen molar-refractivity contribution in [3.63, 3.8) is 0 Å². The van der Waals surface area contributed by atoms with Gasteiger partial charge in [-0.25, -0.2) is 0 Å². The van der Waals surface area contributed by atoms with Gasteiger partial charge in [-0.2, -0.15) is 0 Å². The predicted octanol–water partition coefficient (Wildman–Crippen LogP) is 4.45. The van der Waals surface area contributed by atoms with Gasteiger partial charge in [0.25, 0.3) is 0 Å². The number of allylic oxidation sites excluding steroid dienone is 2. The van der Waals surface area contributed by atoms with Crippen molar-refractivity contribution < 1.29 is 7.58 Å². The van der Waals surface area contributed by atoms with Crippen LogP contribution in [0.2, 0.25) is 0 Å². The maximum absolute atomic E-state index is 6.35. The molecular weight excluding hydrogens is 337 g/mol. The largest absolute Gasteiger partial charge is 0.992 e. The molecule has 1 aliphatic carbocycles. The maximum atomic E-state index is 6.35. The van der Waals surface area contributed by atoms with E-state index in [0.29, 0.717) is 18.0 Å². The van der Waals surface area contributed by atoms with Crippen molar-refractivity contribution in [2.24, 2.45) is 5.92 Å². The molecule has 2 heterocycles. The van der Waals surface area contributed by atoms with Crippen LogP contribution in [0.4, 0.5) is 0 Å². The predicted molar refractivity (Wildman–Crippen MR) is 104 cm³/mol. The highest BCUT2D eigenvalue weighted by Gasteiger charge is 2.58. The lowest BCUT2D eigenvalue weighted by Gasteiger charge is -2.36. The molecule has 0 amide bonds. The summed E-state index contributed by atoms with van der Waals surface area (Å²) >= 11 is -1.99. The highest BCUT2D eigenvalue weighted by molar-refractivity contribution is 6.44. The first-order valence-electron chi connectivity index (χ1n) is 9.12. The summed E-state index contributed by atoms with van der Waals surface area (Å²) in [5, 5.41) is 0. The average Bonchev–Trinajstić information content (AvgIpc) is 3.06. The van der Waals surface area contributed by atoms with Crippen LogP contribution in [0.1, 0.15) is 6.92 Å². The van der Waals surface area contributed by atoms with E-state index in [1.54, 1.807) is 0 Å². The first-order chi connectivity index (χ1) is 12.8. The average molecular weight is 357 g/mol. The van der Waals surface area contributed by atoms with E-state index in [1.165, 1.54) is 11.1 Å². The highest BCUT2D eigenvalue weighted by Crippen LogP contribution is 2.39. The molecule has 3 unspecified atom stereocenters. The quantitative estimate of drug-likeness (QED) is 0.599. The Balaban J connectivity index is 1.38. The zero-order valence-corrected chi connectivity index (χ0v) is 15.8. The van der Waals surface area contributed by atoms with Crippen molar-refractivity contribution >= 4 is 15.0 Å². The molecule has 3 aliphatic rings. The molecule has 0 N–H and O–H groups in total. The van der Waals surface area contributed by atoms with Gasteiger partial charge in [0.05, 0.1) is 17.6 Å². The van der Waals surface area contributed by atoms with E-state index in [9.17, 15) is 0 Å². The Morgan fingerprint density at radius 1 is 0.923 bits per heavy atom. The molecule has 1 fully saturated rings. The molecule has 0 saturated carbocycles. The van der Waals surface area contributed by atoms with E-state index in [-0.39, 0.29) is 0 Å². The second-order valence-corrected chi connectivity index (χ2v) is 8.66. The zero-order valence-electron chi connectivity index (χ0n) is 14.7. The Morgan fingerprint density at radius 3 is 2.50 bits per heavy atom. The molecule has 2 aromatic carbocycles.